The summed E-state index contributed by atoms with van der Waals surface area (Å²) in [5.41, 5.74) is 2.10. The Morgan fingerprint density at radius 3 is 2.56 bits per heavy atom. The van der Waals surface area contributed by atoms with Gasteiger partial charge in [0.25, 0.3) is 0 Å². The van der Waals surface area contributed by atoms with E-state index in [1.165, 1.54) is 38.5 Å². The minimum absolute atomic E-state index is 0.0408. The van der Waals surface area contributed by atoms with Crippen LogP contribution in [0.2, 0.25) is 0 Å². The zero-order valence-electron chi connectivity index (χ0n) is 16.5. The van der Waals surface area contributed by atoms with E-state index in [1.807, 2.05) is 0 Å². The van der Waals surface area contributed by atoms with Crippen molar-refractivity contribution >= 4 is 0 Å². The van der Waals surface area contributed by atoms with Crippen LogP contribution in [-0.2, 0) is 9.47 Å². The Kier molecular flexibility index (Phi) is 4.13. The van der Waals surface area contributed by atoms with E-state index in [0.717, 1.165) is 26.1 Å². The largest absolute Gasteiger partial charge is 0.347 e. The zero-order chi connectivity index (χ0) is 17.8. The normalized spacial score (nSPS) is 41.3. The highest BCUT2D eigenvalue weighted by Gasteiger charge is 2.65. The van der Waals surface area contributed by atoms with Gasteiger partial charge < -0.3 is 9.47 Å². The van der Waals surface area contributed by atoms with Crippen molar-refractivity contribution in [2.75, 3.05) is 13.2 Å². The van der Waals surface area contributed by atoms with Gasteiger partial charge in [0.05, 0.1) is 18.6 Å². The molecule has 3 fully saturated rings. The molecule has 138 valence electrons. The van der Waals surface area contributed by atoms with Crippen LogP contribution in [0.15, 0.2) is 11.6 Å². The van der Waals surface area contributed by atoms with E-state index < -0.39 is 0 Å². The van der Waals surface area contributed by atoms with Gasteiger partial charge in [-0.1, -0.05) is 39.7 Å². The molecule has 0 unspecified atom stereocenters. The molecule has 0 aromatic carbocycles. The standard InChI is InChI=1S/C23H34O2/c1-5-6-11-22-12-8-7-9-19(22)21(4)14-15-23(24-16-17-25-23)20(2,3)18(21)10-13-22/h9,18H,5,7-8,10,12-17H2,1-4H3/t18-,21-,22+/m0/s1. The van der Waals surface area contributed by atoms with Gasteiger partial charge in [-0.05, 0) is 55.4 Å². The molecule has 4 aliphatic rings. The first-order chi connectivity index (χ1) is 11.9. The number of rotatable bonds is 0. The number of hydrogen-bond donors (Lipinski definition) is 0. The summed E-state index contributed by atoms with van der Waals surface area (Å²) in [6.45, 7) is 11.0. The van der Waals surface area contributed by atoms with Crippen molar-refractivity contribution in [2.45, 2.75) is 84.8 Å². The molecule has 3 atom stereocenters. The lowest BCUT2D eigenvalue weighted by atomic mass is 9.43. The summed E-state index contributed by atoms with van der Waals surface area (Å²) in [5, 5.41) is 0. The fraction of sp³-hybridized carbons (Fsp3) is 0.826. The van der Waals surface area contributed by atoms with Gasteiger partial charge in [-0.3, -0.25) is 0 Å². The van der Waals surface area contributed by atoms with Crippen molar-refractivity contribution in [3.05, 3.63) is 11.6 Å². The fourth-order valence-corrected chi connectivity index (χ4v) is 6.82. The third-order valence-corrected chi connectivity index (χ3v) is 8.00. The van der Waals surface area contributed by atoms with E-state index >= 15 is 0 Å². The maximum absolute atomic E-state index is 6.25. The van der Waals surface area contributed by atoms with Crippen LogP contribution in [0, 0.1) is 34.0 Å². The van der Waals surface area contributed by atoms with Crippen LogP contribution in [0.4, 0.5) is 0 Å². The van der Waals surface area contributed by atoms with E-state index in [9.17, 15) is 0 Å². The molecule has 4 rings (SSSR count). The first kappa shape index (κ1) is 17.6. The van der Waals surface area contributed by atoms with E-state index in [2.05, 4.69) is 45.6 Å². The van der Waals surface area contributed by atoms with Crippen LogP contribution >= 0.6 is 0 Å². The maximum atomic E-state index is 6.25. The monoisotopic (exact) mass is 342 g/mol. The highest BCUT2D eigenvalue weighted by atomic mass is 16.7. The minimum atomic E-state index is -0.360. The molecule has 0 radical (unpaired) electrons. The third kappa shape index (κ3) is 2.31. The first-order valence-corrected chi connectivity index (χ1v) is 10.4. The van der Waals surface area contributed by atoms with Crippen molar-refractivity contribution in [2.24, 2.45) is 22.2 Å². The zero-order valence-corrected chi connectivity index (χ0v) is 16.5. The van der Waals surface area contributed by atoms with Crippen LogP contribution in [0.3, 0.4) is 0 Å². The smallest absolute Gasteiger partial charge is 0.173 e. The lowest BCUT2D eigenvalue weighted by Crippen LogP contribution is -2.61. The lowest BCUT2D eigenvalue weighted by Gasteiger charge is -2.64. The summed E-state index contributed by atoms with van der Waals surface area (Å²) < 4.78 is 12.5. The molecule has 1 aliphatic heterocycles. The average molecular weight is 343 g/mol. The molecule has 2 heteroatoms. The quantitative estimate of drug-likeness (QED) is 0.429. The van der Waals surface area contributed by atoms with Crippen LogP contribution in [0.1, 0.15) is 79.1 Å². The highest BCUT2D eigenvalue weighted by molar-refractivity contribution is 5.39. The van der Waals surface area contributed by atoms with E-state index in [1.54, 1.807) is 5.57 Å². The van der Waals surface area contributed by atoms with Crippen molar-refractivity contribution in [1.82, 2.24) is 0 Å². The summed E-state index contributed by atoms with van der Waals surface area (Å²) in [6.07, 6.45) is 12.0. The predicted octanol–water partition coefficient (Wildman–Crippen LogP) is 5.48. The van der Waals surface area contributed by atoms with Gasteiger partial charge >= 0.3 is 0 Å². The molecule has 0 N–H and O–H groups in total. The Morgan fingerprint density at radius 2 is 1.84 bits per heavy atom. The number of allylic oxidation sites excluding steroid dienone is 2. The van der Waals surface area contributed by atoms with Crippen LogP contribution in [0.25, 0.3) is 0 Å². The number of fused-ring (bicyclic) bond motifs is 3. The summed E-state index contributed by atoms with van der Waals surface area (Å²) >= 11 is 0. The first-order valence-electron chi connectivity index (χ1n) is 10.4. The molecule has 1 saturated heterocycles. The van der Waals surface area contributed by atoms with E-state index in [4.69, 9.17) is 9.47 Å². The third-order valence-electron chi connectivity index (χ3n) is 8.00. The molecular weight excluding hydrogens is 308 g/mol. The van der Waals surface area contributed by atoms with Gasteiger partial charge in [0.1, 0.15) is 0 Å². The van der Waals surface area contributed by atoms with Gasteiger partial charge in [-0.15, -0.1) is 5.92 Å². The van der Waals surface area contributed by atoms with Crippen LogP contribution < -0.4 is 0 Å². The van der Waals surface area contributed by atoms with E-state index in [-0.39, 0.29) is 22.0 Å². The second-order valence-corrected chi connectivity index (χ2v) is 9.43. The Bertz CT molecular complexity index is 628. The van der Waals surface area contributed by atoms with Crippen LogP contribution in [0.5, 0.6) is 0 Å². The molecule has 2 saturated carbocycles. The van der Waals surface area contributed by atoms with Gasteiger partial charge in [-0.25, -0.2) is 0 Å². The summed E-state index contributed by atoms with van der Waals surface area (Å²) in [7, 11) is 0. The Balaban J connectivity index is 1.76. The SMILES string of the molecule is CCC#C[C@]12CCCC=C1[C@@]1(C)CCC3(OCCO3)C(C)(C)[C@@H]1CC2. The van der Waals surface area contributed by atoms with E-state index in [0.29, 0.717) is 5.92 Å². The second-order valence-electron chi connectivity index (χ2n) is 9.43. The van der Waals surface area contributed by atoms with Gasteiger partial charge in [0.15, 0.2) is 5.79 Å². The minimum Gasteiger partial charge on any atom is -0.347 e. The highest BCUT2D eigenvalue weighted by Crippen LogP contribution is 2.68. The molecule has 1 heterocycles. The van der Waals surface area contributed by atoms with Crippen LogP contribution in [-0.4, -0.2) is 19.0 Å². The summed E-state index contributed by atoms with van der Waals surface area (Å²) in [4.78, 5) is 0. The molecule has 0 aromatic heterocycles. The second kappa shape index (κ2) is 5.86. The van der Waals surface area contributed by atoms with Gasteiger partial charge in [0.2, 0.25) is 0 Å². The van der Waals surface area contributed by atoms with Gasteiger partial charge in [-0.2, -0.15) is 0 Å². The molecule has 0 amide bonds. The van der Waals surface area contributed by atoms with Crippen molar-refractivity contribution in [1.29, 1.82) is 0 Å². The van der Waals surface area contributed by atoms with Crippen molar-refractivity contribution < 1.29 is 9.47 Å². The number of hydrogen-bond acceptors (Lipinski definition) is 2. The summed E-state index contributed by atoms with van der Waals surface area (Å²) in [5.74, 6) is 7.45. The average Bonchev–Trinajstić information content (AvgIpc) is 3.08. The van der Waals surface area contributed by atoms with Gasteiger partial charge in [0, 0.05) is 18.3 Å². The lowest BCUT2D eigenvalue weighted by molar-refractivity contribution is -0.284. The molecule has 2 nitrogen and oxygen atoms in total. The number of ether oxygens (including phenoxy) is 2. The Labute approximate surface area is 153 Å². The molecule has 0 aromatic rings. The molecule has 1 spiro atoms. The molecule has 25 heavy (non-hydrogen) atoms. The van der Waals surface area contributed by atoms with Crippen molar-refractivity contribution in [3.8, 4) is 11.8 Å². The Hall–Kier alpha value is -0.780. The topological polar surface area (TPSA) is 18.5 Å². The van der Waals surface area contributed by atoms with Crippen molar-refractivity contribution in [3.63, 3.8) is 0 Å². The summed E-state index contributed by atoms with van der Waals surface area (Å²) in [6, 6.07) is 0. The predicted molar refractivity (Wildman–Crippen MR) is 101 cm³/mol. The Morgan fingerprint density at radius 1 is 1.08 bits per heavy atom. The molecule has 3 aliphatic carbocycles. The fourth-order valence-electron chi connectivity index (χ4n) is 6.82. The maximum Gasteiger partial charge on any atom is 0.173 e. The molecule has 0 bridgehead atoms. The molecular formula is C23H34O2.